The summed E-state index contributed by atoms with van der Waals surface area (Å²) in [5.41, 5.74) is -1.65. The largest absolute Gasteiger partial charge is 0.392 e. The Labute approximate surface area is 167 Å². The second kappa shape index (κ2) is 9.57. The molecule has 0 aromatic carbocycles. The highest BCUT2D eigenvalue weighted by atomic mass is 16.6. The lowest BCUT2D eigenvalue weighted by Crippen LogP contribution is -2.44. The lowest BCUT2D eigenvalue weighted by molar-refractivity contribution is -0.142. The van der Waals surface area contributed by atoms with Gasteiger partial charge in [-0.2, -0.15) is 0 Å². The van der Waals surface area contributed by atoms with E-state index in [2.05, 4.69) is 0 Å². The highest BCUT2D eigenvalue weighted by molar-refractivity contribution is 5.87. The van der Waals surface area contributed by atoms with Crippen molar-refractivity contribution in [2.75, 3.05) is 0 Å². The second-order valence-corrected chi connectivity index (χ2v) is 9.06. The fourth-order valence-corrected chi connectivity index (χ4v) is 3.80. The van der Waals surface area contributed by atoms with E-state index in [9.17, 15) is 29.7 Å². The molecule has 0 spiro atoms. The van der Waals surface area contributed by atoms with E-state index in [1.165, 1.54) is 6.92 Å². The van der Waals surface area contributed by atoms with Gasteiger partial charge in [0, 0.05) is 12.3 Å². The number of carbonyl (C=O) groups is 3. The van der Waals surface area contributed by atoms with Gasteiger partial charge in [-0.15, -0.1) is 0 Å². The van der Waals surface area contributed by atoms with Gasteiger partial charge in [0.05, 0.1) is 23.2 Å². The van der Waals surface area contributed by atoms with Crippen LogP contribution < -0.4 is 0 Å². The van der Waals surface area contributed by atoms with Gasteiger partial charge < -0.3 is 24.9 Å². The van der Waals surface area contributed by atoms with Crippen molar-refractivity contribution in [1.29, 1.82) is 0 Å². The topological polar surface area (TPSA) is 124 Å². The molecule has 0 aliphatic carbocycles. The van der Waals surface area contributed by atoms with E-state index < -0.39 is 41.3 Å². The van der Waals surface area contributed by atoms with E-state index in [0.29, 0.717) is 25.5 Å². The molecular weight excluding hydrogens is 364 g/mol. The van der Waals surface area contributed by atoms with Crippen molar-refractivity contribution in [2.24, 2.45) is 17.3 Å². The smallest absolute Gasteiger partial charge is 0.161 e. The lowest BCUT2D eigenvalue weighted by Gasteiger charge is -2.34. The third-order valence-corrected chi connectivity index (χ3v) is 6.27. The van der Waals surface area contributed by atoms with Gasteiger partial charge in [0.2, 0.25) is 0 Å². The lowest BCUT2D eigenvalue weighted by atomic mass is 9.73. The van der Waals surface area contributed by atoms with E-state index in [0.717, 1.165) is 0 Å². The summed E-state index contributed by atoms with van der Waals surface area (Å²) in [6.45, 7) is 9.86. The third-order valence-electron chi connectivity index (χ3n) is 6.27. The molecule has 0 aromatic heterocycles. The molecule has 7 nitrogen and oxygen atoms in total. The molecule has 1 aliphatic heterocycles. The molecule has 0 amide bonds. The molecule has 1 aliphatic rings. The van der Waals surface area contributed by atoms with Crippen LogP contribution in [0.3, 0.4) is 0 Å². The van der Waals surface area contributed by atoms with Gasteiger partial charge in [-0.25, -0.2) is 0 Å². The van der Waals surface area contributed by atoms with Crippen molar-refractivity contribution in [2.45, 2.75) is 97.2 Å². The standard InChI is InChI=1S/C21H36O7/c1-12(8-7-10-21(6)19(28-21)17(26)14(3)23)16(25)13(2)18(27)20(4,5)15(24)9-11-22/h11-13,15-17,19,24-26H,7-10H2,1-6H3. The van der Waals surface area contributed by atoms with E-state index in [1.807, 2.05) is 13.8 Å². The van der Waals surface area contributed by atoms with Crippen molar-refractivity contribution < 1.29 is 34.4 Å². The van der Waals surface area contributed by atoms with Crippen LogP contribution in [0.4, 0.5) is 0 Å². The maximum Gasteiger partial charge on any atom is 0.161 e. The molecule has 28 heavy (non-hydrogen) atoms. The SMILES string of the molecule is CC(=O)C(O)C1OC1(C)CCCC(C)C(O)C(C)C(=O)C(C)(C)C(O)CC=O. The molecule has 3 N–H and O–H groups in total. The minimum atomic E-state index is -1.12. The number of carbonyl (C=O) groups excluding carboxylic acids is 3. The number of aliphatic hydroxyl groups excluding tert-OH is 3. The number of aliphatic hydroxyl groups is 3. The van der Waals surface area contributed by atoms with Crippen LogP contribution in [0.5, 0.6) is 0 Å². The summed E-state index contributed by atoms with van der Waals surface area (Å²) < 4.78 is 5.51. The molecule has 0 radical (unpaired) electrons. The van der Waals surface area contributed by atoms with Crippen LogP contribution in [0.2, 0.25) is 0 Å². The number of rotatable bonds is 13. The van der Waals surface area contributed by atoms with Gasteiger partial charge in [0.15, 0.2) is 5.78 Å². The molecule has 7 heteroatoms. The Balaban J connectivity index is 2.54. The van der Waals surface area contributed by atoms with E-state index in [-0.39, 0.29) is 23.9 Å². The number of Topliss-reactive ketones (excluding diaryl/α,β-unsaturated/α-hetero) is 2. The fourth-order valence-electron chi connectivity index (χ4n) is 3.80. The molecular formula is C21H36O7. The molecule has 1 heterocycles. The van der Waals surface area contributed by atoms with Crippen molar-refractivity contribution in [3.8, 4) is 0 Å². The van der Waals surface area contributed by atoms with Crippen molar-refractivity contribution in [3.05, 3.63) is 0 Å². The van der Waals surface area contributed by atoms with Crippen LogP contribution in [0.1, 0.15) is 67.2 Å². The minimum absolute atomic E-state index is 0.122. The van der Waals surface area contributed by atoms with Gasteiger partial charge in [-0.05, 0) is 32.6 Å². The molecule has 162 valence electrons. The van der Waals surface area contributed by atoms with Crippen molar-refractivity contribution in [1.82, 2.24) is 0 Å². The van der Waals surface area contributed by atoms with Gasteiger partial charge in [-0.3, -0.25) is 9.59 Å². The number of aldehydes is 1. The number of epoxide rings is 1. The zero-order valence-electron chi connectivity index (χ0n) is 17.8. The van der Waals surface area contributed by atoms with Crippen LogP contribution in [-0.2, 0) is 19.1 Å². The fraction of sp³-hybridized carbons (Fsp3) is 0.857. The average Bonchev–Trinajstić information content (AvgIpc) is 3.30. The molecule has 0 aromatic rings. The Morgan fingerprint density at radius 3 is 2.29 bits per heavy atom. The maximum atomic E-state index is 12.7. The first-order chi connectivity index (χ1) is 12.8. The highest BCUT2D eigenvalue weighted by Gasteiger charge is 2.56. The summed E-state index contributed by atoms with van der Waals surface area (Å²) in [6.07, 6.45) is -1.07. The Kier molecular flexibility index (Phi) is 8.50. The summed E-state index contributed by atoms with van der Waals surface area (Å²) in [5, 5.41) is 30.5. The van der Waals surface area contributed by atoms with Gasteiger partial charge in [0.25, 0.3) is 0 Å². The molecule has 0 saturated carbocycles. The maximum absolute atomic E-state index is 12.7. The van der Waals surface area contributed by atoms with Crippen molar-refractivity contribution >= 4 is 17.9 Å². The monoisotopic (exact) mass is 400 g/mol. The van der Waals surface area contributed by atoms with E-state index in [4.69, 9.17) is 4.74 Å². The van der Waals surface area contributed by atoms with Gasteiger partial charge in [-0.1, -0.05) is 34.1 Å². The summed E-state index contributed by atoms with van der Waals surface area (Å²) in [6, 6.07) is 0. The first kappa shape index (κ1) is 24.9. The molecule has 0 bridgehead atoms. The Bertz CT molecular complexity index is 573. The normalized spacial score (nSPS) is 27.4. The Hall–Kier alpha value is -1.15. The molecule has 1 fully saturated rings. The third kappa shape index (κ3) is 5.69. The zero-order chi connectivity index (χ0) is 21.9. The van der Waals surface area contributed by atoms with E-state index in [1.54, 1.807) is 20.8 Å². The van der Waals surface area contributed by atoms with Gasteiger partial charge >= 0.3 is 0 Å². The molecule has 1 rings (SSSR count). The van der Waals surface area contributed by atoms with Gasteiger partial charge in [0.1, 0.15) is 24.3 Å². The summed E-state index contributed by atoms with van der Waals surface area (Å²) in [5.74, 6) is -1.42. The van der Waals surface area contributed by atoms with Crippen LogP contribution in [-0.4, -0.2) is 63.2 Å². The van der Waals surface area contributed by atoms with Crippen LogP contribution in [0.15, 0.2) is 0 Å². The zero-order valence-corrected chi connectivity index (χ0v) is 17.8. The molecule has 7 unspecified atom stereocenters. The average molecular weight is 401 g/mol. The minimum Gasteiger partial charge on any atom is -0.392 e. The van der Waals surface area contributed by atoms with Crippen LogP contribution in [0.25, 0.3) is 0 Å². The summed E-state index contributed by atoms with van der Waals surface area (Å²) in [4.78, 5) is 34.6. The first-order valence-corrected chi connectivity index (χ1v) is 10.00. The summed E-state index contributed by atoms with van der Waals surface area (Å²) in [7, 11) is 0. The van der Waals surface area contributed by atoms with Crippen LogP contribution >= 0.6 is 0 Å². The van der Waals surface area contributed by atoms with Crippen LogP contribution in [0, 0.1) is 17.3 Å². The van der Waals surface area contributed by atoms with Crippen molar-refractivity contribution in [3.63, 3.8) is 0 Å². The Morgan fingerprint density at radius 2 is 1.79 bits per heavy atom. The first-order valence-electron chi connectivity index (χ1n) is 10.00. The predicted molar refractivity (Wildman–Crippen MR) is 104 cm³/mol. The molecule has 7 atom stereocenters. The highest BCUT2D eigenvalue weighted by Crippen LogP contribution is 2.43. The molecule has 1 saturated heterocycles. The summed E-state index contributed by atoms with van der Waals surface area (Å²) >= 11 is 0. The number of hydrogen-bond donors (Lipinski definition) is 3. The number of ketones is 2. The number of ether oxygens (including phenoxy) is 1. The van der Waals surface area contributed by atoms with E-state index >= 15 is 0 Å². The predicted octanol–water partition coefficient (Wildman–Crippen LogP) is 1.44. The Morgan fingerprint density at radius 1 is 1.21 bits per heavy atom. The quantitative estimate of drug-likeness (QED) is 0.316. The second-order valence-electron chi connectivity index (χ2n) is 9.06. The number of hydrogen-bond acceptors (Lipinski definition) is 7.